The van der Waals surface area contributed by atoms with Crippen LogP contribution in [0, 0.1) is 6.92 Å². The Bertz CT molecular complexity index is 546. The number of aromatic nitrogens is 2. The summed E-state index contributed by atoms with van der Waals surface area (Å²) in [5.41, 5.74) is 3.59. The van der Waals surface area contributed by atoms with Crippen LogP contribution in [0.25, 0.3) is 5.65 Å². The molecule has 0 amide bonds. The van der Waals surface area contributed by atoms with E-state index in [9.17, 15) is 0 Å². The molecule has 3 rings (SSSR count). The lowest BCUT2D eigenvalue weighted by Crippen LogP contribution is -2.48. The van der Waals surface area contributed by atoms with Crippen LogP contribution >= 0.6 is 0 Å². The van der Waals surface area contributed by atoms with Crippen molar-refractivity contribution in [3.8, 4) is 0 Å². The highest BCUT2D eigenvalue weighted by Crippen LogP contribution is 2.13. The molecule has 1 fully saturated rings. The summed E-state index contributed by atoms with van der Waals surface area (Å²) >= 11 is 0. The summed E-state index contributed by atoms with van der Waals surface area (Å²) in [6, 6.07) is 4.78. The molecule has 96 valence electrons. The summed E-state index contributed by atoms with van der Waals surface area (Å²) in [5, 5.41) is 3.47. The molecule has 0 radical (unpaired) electrons. The molecule has 2 aromatic rings. The minimum absolute atomic E-state index is 0.583. The first-order valence-corrected chi connectivity index (χ1v) is 6.61. The zero-order chi connectivity index (χ0) is 12.5. The molecule has 1 aliphatic heterocycles. The maximum atomic E-state index is 4.52. The molecule has 4 nitrogen and oxygen atoms in total. The van der Waals surface area contributed by atoms with E-state index in [1.807, 2.05) is 6.20 Å². The second-order valence-corrected chi connectivity index (χ2v) is 5.22. The summed E-state index contributed by atoms with van der Waals surface area (Å²) in [7, 11) is 0. The van der Waals surface area contributed by atoms with Gasteiger partial charge >= 0.3 is 0 Å². The zero-order valence-corrected chi connectivity index (χ0v) is 11.1. The van der Waals surface area contributed by atoms with Crippen LogP contribution in [-0.2, 0) is 6.54 Å². The topological polar surface area (TPSA) is 32.6 Å². The van der Waals surface area contributed by atoms with Gasteiger partial charge in [-0.1, -0.05) is 6.07 Å². The van der Waals surface area contributed by atoms with Gasteiger partial charge in [0.25, 0.3) is 0 Å². The van der Waals surface area contributed by atoms with E-state index in [0.29, 0.717) is 6.04 Å². The first kappa shape index (κ1) is 11.7. The second kappa shape index (κ2) is 4.71. The number of aryl methyl sites for hydroxylation is 1. The molecular weight excluding hydrogens is 224 g/mol. The SMILES string of the molecule is Cc1cccn2c(CN3CCN[C@H](C)C3)cnc12. The highest BCUT2D eigenvalue weighted by Gasteiger charge is 2.17. The van der Waals surface area contributed by atoms with Crippen molar-refractivity contribution in [1.82, 2.24) is 19.6 Å². The fourth-order valence-corrected chi connectivity index (χ4v) is 2.70. The Kier molecular flexibility index (Phi) is 3.06. The fourth-order valence-electron chi connectivity index (χ4n) is 2.70. The van der Waals surface area contributed by atoms with Crippen LogP contribution in [0.15, 0.2) is 24.5 Å². The van der Waals surface area contributed by atoms with Gasteiger partial charge in [-0.25, -0.2) is 4.98 Å². The van der Waals surface area contributed by atoms with Gasteiger partial charge in [0.15, 0.2) is 0 Å². The Balaban J connectivity index is 1.84. The van der Waals surface area contributed by atoms with Gasteiger partial charge in [-0.05, 0) is 25.5 Å². The van der Waals surface area contributed by atoms with Crippen LogP contribution < -0.4 is 5.32 Å². The number of hydrogen-bond donors (Lipinski definition) is 1. The van der Waals surface area contributed by atoms with Crippen LogP contribution in [0.3, 0.4) is 0 Å². The van der Waals surface area contributed by atoms with E-state index in [1.165, 1.54) is 11.3 Å². The summed E-state index contributed by atoms with van der Waals surface area (Å²) in [5.74, 6) is 0. The molecule has 3 heterocycles. The van der Waals surface area contributed by atoms with Crippen molar-refractivity contribution in [3.63, 3.8) is 0 Å². The number of pyridine rings is 1. The lowest BCUT2D eigenvalue weighted by Gasteiger charge is -2.31. The predicted molar refractivity (Wildman–Crippen MR) is 72.7 cm³/mol. The second-order valence-electron chi connectivity index (χ2n) is 5.22. The molecule has 4 heteroatoms. The third-order valence-electron chi connectivity index (χ3n) is 3.65. The van der Waals surface area contributed by atoms with E-state index in [1.54, 1.807) is 0 Å². The Morgan fingerprint density at radius 1 is 1.50 bits per heavy atom. The number of piperazine rings is 1. The minimum Gasteiger partial charge on any atom is -0.312 e. The molecule has 1 atom stereocenters. The van der Waals surface area contributed by atoms with Crippen molar-refractivity contribution in [3.05, 3.63) is 35.8 Å². The quantitative estimate of drug-likeness (QED) is 0.867. The van der Waals surface area contributed by atoms with Crippen LogP contribution in [0.4, 0.5) is 0 Å². The van der Waals surface area contributed by atoms with Crippen LogP contribution in [0.5, 0.6) is 0 Å². The standard InChI is InChI=1S/C14H20N4/c1-11-4-3-6-18-13(8-16-14(11)18)10-17-7-5-15-12(2)9-17/h3-4,6,8,12,15H,5,7,9-10H2,1-2H3/t12-/m1/s1. The number of hydrogen-bond acceptors (Lipinski definition) is 3. The summed E-state index contributed by atoms with van der Waals surface area (Å²) < 4.78 is 2.21. The smallest absolute Gasteiger partial charge is 0.139 e. The van der Waals surface area contributed by atoms with Crippen molar-refractivity contribution in [1.29, 1.82) is 0 Å². The van der Waals surface area contributed by atoms with Gasteiger partial charge in [-0.15, -0.1) is 0 Å². The molecule has 2 aromatic heterocycles. The van der Waals surface area contributed by atoms with Gasteiger partial charge in [0.2, 0.25) is 0 Å². The van der Waals surface area contributed by atoms with Crippen molar-refractivity contribution >= 4 is 5.65 Å². The van der Waals surface area contributed by atoms with Gasteiger partial charge in [0.1, 0.15) is 5.65 Å². The Morgan fingerprint density at radius 2 is 2.39 bits per heavy atom. The summed E-state index contributed by atoms with van der Waals surface area (Å²) in [6.45, 7) is 8.64. The van der Waals surface area contributed by atoms with E-state index in [2.05, 4.69) is 51.8 Å². The molecule has 0 saturated carbocycles. The van der Waals surface area contributed by atoms with Gasteiger partial charge in [0.05, 0.1) is 11.9 Å². The first-order valence-electron chi connectivity index (χ1n) is 6.61. The lowest BCUT2D eigenvalue weighted by atomic mass is 10.2. The van der Waals surface area contributed by atoms with Crippen molar-refractivity contribution in [2.24, 2.45) is 0 Å². The molecule has 0 aromatic carbocycles. The maximum Gasteiger partial charge on any atom is 0.139 e. The molecular formula is C14H20N4. The van der Waals surface area contributed by atoms with E-state index < -0.39 is 0 Å². The fraction of sp³-hybridized carbons (Fsp3) is 0.500. The monoisotopic (exact) mass is 244 g/mol. The first-order chi connectivity index (χ1) is 8.74. The van der Waals surface area contributed by atoms with Crippen LogP contribution in [0.1, 0.15) is 18.2 Å². The average Bonchev–Trinajstić information content (AvgIpc) is 2.74. The number of fused-ring (bicyclic) bond motifs is 1. The molecule has 0 spiro atoms. The molecule has 1 saturated heterocycles. The number of imidazole rings is 1. The average molecular weight is 244 g/mol. The van der Waals surface area contributed by atoms with Crippen molar-refractivity contribution in [2.75, 3.05) is 19.6 Å². The largest absolute Gasteiger partial charge is 0.312 e. The third-order valence-corrected chi connectivity index (χ3v) is 3.65. The third kappa shape index (κ3) is 2.13. The minimum atomic E-state index is 0.583. The number of nitrogens with zero attached hydrogens (tertiary/aromatic N) is 3. The van der Waals surface area contributed by atoms with Gasteiger partial charge < -0.3 is 9.72 Å². The van der Waals surface area contributed by atoms with Crippen LogP contribution in [0.2, 0.25) is 0 Å². The highest BCUT2D eigenvalue weighted by molar-refractivity contribution is 5.48. The normalized spacial score (nSPS) is 21.6. The van der Waals surface area contributed by atoms with Crippen LogP contribution in [-0.4, -0.2) is 40.0 Å². The lowest BCUT2D eigenvalue weighted by molar-refractivity contribution is 0.197. The van der Waals surface area contributed by atoms with E-state index in [4.69, 9.17) is 0 Å². The Morgan fingerprint density at radius 3 is 3.22 bits per heavy atom. The van der Waals surface area contributed by atoms with E-state index in [0.717, 1.165) is 31.8 Å². The summed E-state index contributed by atoms with van der Waals surface area (Å²) in [4.78, 5) is 7.02. The molecule has 0 aliphatic carbocycles. The predicted octanol–water partition coefficient (Wildman–Crippen LogP) is 1.44. The molecule has 0 bridgehead atoms. The summed E-state index contributed by atoms with van der Waals surface area (Å²) in [6.07, 6.45) is 4.12. The zero-order valence-electron chi connectivity index (χ0n) is 11.1. The van der Waals surface area contributed by atoms with Crippen molar-refractivity contribution in [2.45, 2.75) is 26.4 Å². The Labute approximate surface area is 108 Å². The van der Waals surface area contributed by atoms with E-state index in [-0.39, 0.29) is 0 Å². The van der Waals surface area contributed by atoms with Gasteiger partial charge in [-0.3, -0.25) is 4.90 Å². The molecule has 0 unspecified atom stereocenters. The molecule has 18 heavy (non-hydrogen) atoms. The molecule has 1 aliphatic rings. The number of rotatable bonds is 2. The van der Waals surface area contributed by atoms with Gasteiger partial charge in [0, 0.05) is 38.4 Å². The van der Waals surface area contributed by atoms with Gasteiger partial charge in [-0.2, -0.15) is 0 Å². The maximum absolute atomic E-state index is 4.52. The van der Waals surface area contributed by atoms with Crippen molar-refractivity contribution < 1.29 is 0 Å². The number of nitrogens with one attached hydrogen (secondary N) is 1. The highest BCUT2D eigenvalue weighted by atomic mass is 15.2. The van der Waals surface area contributed by atoms with E-state index >= 15 is 0 Å². The Hall–Kier alpha value is -1.39. The molecule has 1 N–H and O–H groups in total.